The number of rotatable bonds is 5. The third kappa shape index (κ3) is 4.23. The van der Waals surface area contributed by atoms with Gasteiger partial charge in [0.25, 0.3) is 0 Å². The van der Waals surface area contributed by atoms with Gasteiger partial charge in [0.1, 0.15) is 0 Å². The molecule has 0 saturated heterocycles. The highest BCUT2D eigenvalue weighted by Crippen LogP contribution is 2.30. The Morgan fingerprint density at radius 1 is 1.31 bits per heavy atom. The number of hydrogen-bond acceptors (Lipinski definition) is 4. The molecule has 2 aromatic rings. The molecule has 1 fully saturated rings. The van der Waals surface area contributed by atoms with Crippen LogP contribution in [0.15, 0.2) is 29.4 Å². The molecule has 1 aliphatic rings. The fraction of sp³-hybridized carbons (Fsp3) is 0.526. The van der Waals surface area contributed by atoms with E-state index in [1.54, 1.807) is 0 Å². The maximum absolute atomic E-state index is 12.6. The molecule has 140 valence electrons. The SMILES string of the molecule is C[C@@H](Sc1nnc(-c2ccccc2Cl)n1C)C(=O)N[C@H]1CCCC[C@@H]1C. The van der Waals surface area contributed by atoms with Crippen molar-refractivity contribution in [2.45, 2.75) is 56.0 Å². The van der Waals surface area contributed by atoms with Crippen LogP contribution in [0, 0.1) is 5.92 Å². The van der Waals surface area contributed by atoms with Crippen LogP contribution in [0.5, 0.6) is 0 Å². The van der Waals surface area contributed by atoms with E-state index in [4.69, 9.17) is 11.6 Å². The van der Waals surface area contributed by atoms with Crippen molar-refractivity contribution >= 4 is 29.3 Å². The first-order chi connectivity index (χ1) is 12.5. The molecular formula is C19H25ClN4OS. The zero-order chi connectivity index (χ0) is 18.7. The minimum atomic E-state index is -0.230. The summed E-state index contributed by atoms with van der Waals surface area (Å²) in [5.74, 6) is 1.31. The van der Waals surface area contributed by atoms with E-state index in [1.165, 1.54) is 31.0 Å². The smallest absolute Gasteiger partial charge is 0.233 e. The Bertz CT molecular complexity index is 779. The van der Waals surface area contributed by atoms with Gasteiger partial charge in [-0.25, -0.2) is 0 Å². The van der Waals surface area contributed by atoms with Crippen LogP contribution in [0.4, 0.5) is 0 Å². The highest BCUT2D eigenvalue weighted by molar-refractivity contribution is 8.00. The number of carbonyl (C=O) groups is 1. The number of nitrogens with one attached hydrogen (secondary N) is 1. The Morgan fingerprint density at radius 3 is 2.77 bits per heavy atom. The van der Waals surface area contributed by atoms with Crippen LogP contribution in [0.3, 0.4) is 0 Å². The number of carbonyl (C=O) groups excluding carboxylic acids is 1. The van der Waals surface area contributed by atoms with Crippen LogP contribution in [-0.2, 0) is 11.8 Å². The molecule has 0 bridgehead atoms. The third-order valence-corrected chi connectivity index (χ3v) is 6.50. The first-order valence-electron chi connectivity index (χ1n) is 9.08. The van der Waals surface area contributed by atoms with Crippen LogP contribution >= 0.6 is 23.4 Å². The predicted octanol–water partition coefficient (Wildman–Crippen LogP) is 4.31. The predicted molar refractivity (Wildman–Crippen MR) is 106 cm³/mol. The molecule has 1 heterocycles. The van der Waals surface area contributed by atoms with Crippen LogP contribution in [0.2, 0.25) is 5.02 Å². The topological polar surface area (TPSA) is 59.8 Å². The van der Waals surface area contributed by atoms with Crippen molar-refractivity contribution in [3.8, 4) is 11.4 Å². The summed E-state index contributed by atoms with van der Waals surface area (Å²) < 4.78 is 1.89. The van der Waals surface area contributed by atoms with Crippen molar-refractivity contribution in [3.05, 3.63) is 29.3 Å². The van der Waals surface area contributed by atoms with E-state index < -0.39 is 0 Å². The van der Waals surface area contributed by atoms with E-state index in [1.807, 2.05) is 42.8 Å². The Balaban J connectivity index is 1.67. The Labute approximate surface area is 163 Å². The number of nitrogens with zero attached hydrogens (tertiary/aromatic N) is 3. The molecule has 0 aliphatic heterocycles. The monoisotopic (exact) mass is 392 g/mol. The van der Waals surface area contributed by atoms with Crippen LogP contribution in [0.1, 0.15) is 39.5 Å². The maximum atomic E-state index is 12.6. The highest BCUT2D eigenvalue weighted by atomic mass is 35.5. The fourth-order valence-corrected chi connectivity index (χ4v) is 4.38. The number of halogens is 1. The summed E-state index contributed by atoms with van der Waals surface area (Å²) in [4.78, 5) is 12.6. The number of benzene rings is 1. The van der Waals surface area contributed by atoms with Crippen LogP contribution in [0.25, 0.3) is 11.4 Å². The Kier molecular flexibility index (Phi) is 6.24. The minimum Gasteiger partial charge on any atom is -0.352 e. The molecule has 0 unspecified atom stereocenters. The number of thioether (sulfide) groups is 1. The molecule has 26 heavy (non-hydrogen) atoms. The molecule has 1 amide bonds. The van der Waals surface area contributed by atoms with Gasteiger partial charge in [-0.15, -0.1) is 10.2 Å². The molecule has 3 atom stereocenters. The molecule has 0 spiro atoms. The second kappa shape index (κ2) is 8.44. The lowest BCUT2D eigenvalue weighted by Crippen LogP contribution is -2.44. The van der Waals surface area contributed by atoms with Gasteiger partial charge in [0.15, 0.2) is 11.0 Å². The van der Waals surface area contributed by atoms with Gasteiger partial charge in [-0.1, -0.05) is 55.3 Å². The second-order valence-electron chi connectivity index (χ2n) is 6.98. The molecule has 1 aromatic heterocycles. The molecule has 5 nitrogen and oxygen atoms in total. The average Bonchev–Trinajstić information content (AvgIpc) is 2.98. The van der Waals surface area contributed by atoms with Crippen molar-refractivity contribution in [3.63, 3.8) is 0 Å². The molecule has 1 aliphatic carbocycles. The van der Waals surface area contributed by atoms with Gasteiger partial charge >= 0.3 is 0 Å². The van der Waals surface area contributed by atoms with E-state index in [0.717, 1.165) is 12.0 Å². The normalized spacial score (nSPS) is 21.4. The first kappa shape index (κ1) is 19.2. The standard InChI is InChI=1S/C19H25ClN4OS/c1-12-8-4-7-11-16(12)21-18(25)13(2)26-19-23-22-17(24(19)3)14-9-5-6-10-15(14)20/h5-6,9-10,12-13,16H,4,7-8,11H2,1-3H3,(H,21,25)/t12-,13+,16-/m0/s1. The quantitative estimate of drug-likeness (QED) is 0.770. The number of aromatic nitrogens is 3. The van der Waals surface area contributed by atoms with E-state index >= 15 is 0 Å². The lowest BCUT2D eigenvalue weighted by Gasteiger charge is -2.30. The summed E-state index contributed by atoms with van der Waals surface area (Å²) in [6, 6.07) is 7.85. The number of amides is 1. The summed E-state index contributed by atoms with van der Waals surface area (Å²) in [6.07, 6.45) is 4.73. The molecule has 1 saturated carbocycles. The molecule has 3 rings (SSSR count). The second-order valence-corrected chi connectivity index (χ2v) is 8.70. The number of hydrogen-bond donors (Lipinski definition) is 1. The van der Waals surface area contributed by atoms with E-state index in [0.29, 0.717) is 21.9 Å². The van der Waals surface area contributed by atoms with Gasteiger partial charge in [-0.05, 0) is 37.8 Å². The van der Waals surface area contributed by atoms with Gasteiger partial charge < -0.3 is 9.88 Å². The lowest BCUT2D eigenvalue weighted by atomic mass is 9.86. The van der Waals surface area contributed by atoms with Gasteiger partial charge in [-0.2, -0.15) is 0 Å². The van der Waals surface area contributed by atoms with Gasteiger partial charge in [0.2, 0.25) is 5.91 Å². The van der Waals surface area contributed by atoms with Crippen molar-refractivity contribution in [1.29, 1.82) is 0 Å². The largest absolute Gasteiger partial charge is 0.352 e. The van der Waals surface area contributed by atoms with Crippen LogP contribution < -0.4 is 5.32 Å². The zero-order valence-corrected chi connectivity index (χ0v) is 17.0. The minimum absolute atomic E-state index is 0.0658. The first-order valence-corrected chi connectivity index (χ1v) is 10.3. The molecule has 1 N–H and O–H groups in total. The van der Waals surface area contributed by atoms with Crippen molar-refractivity contribution in [2.75, 3.05) is 0 Å². The van der Waals surface area contributed by atoms with Crippen LogP contribution in [-0.4, -0.2) is 32.0 Å². The third-order valence-electron chi connectivity index (χ3n) is 5.04. The Morgan fingerprint density at radius 2 is 2.04 bits per heavy atom. The molecule has 7 heteroatoms. The van der Waals surface area contributed by atoms with E-state index in [-0.39, 0.29) is 17.2 Å². The Hall–Kier alpha value is -1.53. The molecular weight excluding hydrogens is 368 g/mol. The van der Waals surface area contributed by atoms with E-state index in [2.05, 4.69) is 22.4 Å². The average molecular weight is 393 g/mol. The van der Waals surface area contributed by atoms with Crippen molar-refractivity contribution < 1.29 is 4.79 Å². The summed E-state index contributed by atoms with van der Waals surface area (Å²) >= 11 is 7.69. The highest BCUT2D eigenvalue weighted by Gasteiger charge is 2.26. The summed E-state index contributed by atoms with van der Waals surface area (Å²) in [7, 11) is 1.90. The fourth-order valence-electron chi connectivity index (χ4n) is 3.34. The van der Waals surface area contributed by atoms with E-state index in [9.17, 15) is 4.79 Å². The van der Waals surface area contributed by atoms with Gasteiger partial charge in [-0.3, -0.25) is 4.79 Å². The summed E-state index contributed by atoms with van der Waals surface area (Å²) in [5, 5.41) is 12.8. The summed E-state index contributed by atoms with van der Waals surface area (Å²) in [6.45, 7) is 4.14. The van der Waals surface area contributed by atoms with Gasteiger partial charge in [0.05, 0.1) is 10.3 Å². The molecule has 0 radical (unpaired) electrons. The molecule has 1 aromatic carbocycles. The summed E-state index contributed by atoms with van der Waals surface area (Å²) in [5.41, 5.74) is 0.837. The maximum Gasteiger partial charge on any atom is 0.233 e. The van der Waals surface area contributed by atoms with Crippen molar-refractivity contribution in [2.24, 2.45) is 13.0 Å². The lowest BCUT2D eigenvalue weighted by molar-refractivity contribution is -0.121. The van der Waals surface area contributed by atoms with Gasteiger partial charge in [0, 0.05) is 18.7 Å². The van der Waals surface area contributed by atoms with Crippen molar-refractivity contribution in [1.82, 2.24) is 20.1 Å². The zero-order valence-electron chi connectivity index (χ0n) is 15.4.